The van der Waals surface area contributed by atoms with Crippen molar-refractivity contribution in [2.45, 2.75) is 19.3 Å². The van der Waals surface area contributed by atoms with Crippen molar-refractivity contribution in [3.8, 4) is 78.7 Å². The molecule has 10 aromatic rings. The molecule has 0 bridgehead atoms. The molecule has 274 valence electrons. The van der Waals surface area contributed by atoms with Crippen LogP contribution in [0.5, 0.6) is 0 Å². The first-order chi connectivity index (χ1) is 28.5. The smallest absolute Gasteiger partial charge is 0.164 e. The lowest BCUT2D eigenvalue weighted by molar-refractivity contribution is 0.662. The van der Waals surface area contributed by atoms with Crippen molar-refractivity contribution in [3.05, 3.63) is 199 Å². The van der Waals surface area contributed by atoms with E-state index in [2.05, 4.69) is 172 Å². The second kappa shape index (κ2) is 13.4. The van der Waals surface area contributed by atoms with Gasteiger partial charge in [-0.3, -0.25) is 0 Å². The molecule has 0 radical (unpaired) electrons. The molecule has 2 aromatic heterocycles. The highest BCUT2D eigenvalue weighted by molar-refractivity contribution is 6.13. The summed E-state index contributed by atoms with van der Waals surface area (Å²) in [5, 5.41) is 2.00. The maximum absolute atomic E-state index is 6.58. The van der Waals surface area contributed by atoms with Crippen LogP contribution in [0.15, 0.2) is 192 Å². The van der Waals surface area contributed by atoms with Gasteiger partial charge in [-0.1, -0.05) is 184 Å². The summed E-state index contributed by atoms with van der Waals surface area (Å²) in [6, 6.07) is 65.9. The van der Waals surface area contributed by atoms with E-state index in [0.29, 0.717) is 17.5 Å². The number of furan rings is 1. The highest BCUT2D eigenvalue weighted by Crippen LogP contribution is 2.52. The van der Waals surface area contributed by atoms with E-state index in [4.69, 9.17) is 19.4 Å². The van der Waals surface area contributed by atoms with Crippen molar-refractivity contribution >= 4 is 21.9 Å². The van der Waals surface area contributed by atoms with Crippen LogP contribution >= 0.6 is 0 Å². The largest absolute Gasteiger partial charge is 0.456 e. The number of rotatable bonds is 6. The van der Waals surface area contributed by atoms with Gasteiger partial charge in [0.1, 0.15) is 11.2 Å². The van der Waals surface area contributed by atoms with E-state index < -0.39 is 0 Å². The highest BCUT2D eigenvalue weighted by atomic mass is 16.3. The third kappa shape index (κ3) is 5.48. The Hall–Kier alpha value is -7.43. The summed E-state index contributed by atoms with van der Waals surface area (Å²) in [5.41, 5.74) is 16.4. The minimum absolute atomic E-state index is 0.145. The van der Waals surface area contributed by atoms with Crippen LogP contribution in [-0.2, 0) is 5.41 Å². The zero-order chi connectivity index (χ0) is 38.8. The van der Waals surface area contributed by atoms with E-state index in [1.54, 1.807) is 0 Å². The van der Waals surface area contributed by atoms with Gasteiger partial charge >= 0.3 is 0 Å². The fraction of sp³-hybridized carbons (Fsp3) is 0.0556. The molecular formula is C54H37N3O. The Morgan fingerprint density at radius 1 is 0.362 bits per heavy atom. The molecule has 0 aliphatic heterocycles. The molecular weight excluding hydrogens is 707 g/mol. The van der Waals surface area contributed by atoms with Crippen LogP contribution in [0.4, 0.5) is 0 Å². The zero-order valence-electron chi connectivity index (χ0n) is 32.1. The van der Waals surface area contributed by atoms with Crippen LogP contribution < -0.4 is 0 Å². The molecule has 0 saturated heterocycles. The number of fused-ring (bicyclic) bond motifs is 6. The molecule has 0 spiro atoms. The van der Waals surface area contributed by atoms with E-state index >= 15 is 0 Å². The molecule has 11 rings (SSSR count). The molecule has 0 amide bonds. The van der Waals surface area contributed by atoms with Gasteiger partial charge in [0.2, 0.25) is 0 Å². The number of hydrogen-bond donors (Lipinski definition) is 0. The normalized spacial score (nSPS) is 12.8. The van der Waals surface area contributed by atoms with Gasteiger partial charge in [0.25, 0.3) is 0 Å². The highest BCUT2D eigenvalue weighted by Gasteiger charge is 2.37. The zero-order valence-corrected chi connectivity index (χ0v) is 32.1. The van der Waals surface area contributed by atoms with Crippen LogP contribution in [0.3, 0.4) is 0 Å². The minimum atomic E-state index is -0.145. The molecule has 58 heavy (non-hydrogen) atoms. The summed E-state index contributed by atoms with van der Waals surface area (Å²) in [6.07, 6.45) is 0. The first-order valence-electron chi connectivity index (χ1n) is 19.8. The minimum Gasteiger partial charge on any atom is -0.456 e. The average Bonchev–Trinajstić information content (AvgIpc) is 3.78. The molecule has 0 N–H and O–H groups in total. The maximum atomic E-state index is 6.58. The molecule has 0 fully saturated rings. The molecule has 0 saturated carbocycles. The Labute approximate surface area is 337 Å². The third-order valence-electron chi connectivity index (χ3n) is 11.8. The van der Waals surface area contributed by atoms with Crippen LogP contribution in [0.1, 0.15) is 25.0 Å². The van der Waals surface area contributed by atoms with Gasteiger partial charge in [-0.15, -0.1) is 0 Å². The Balaban J connectivity index is 1.11. The Kier molecular flexibility index (Phi) is 7.80. The van der Waals surface area contributed by atoms with Crippen LogP contribution in [0.2, 0.25) is 0 Å². The predicted molar refractivity (Wildman–Crippen MR) is 237 cm³/mol. The standard InChI is InChI=1S/C54H37N3O/c1-54(2)46-25-12-11-20-41(46)42-23-13-22-40(50(42)54)38-31-32-47-45(33-38)49-44(24-14-26-48(49)58-47)53-56-51(37-29-27-35(28-30-37)34-15-5-3-6-16-34)55-52(57-53)43-21-10-9-19-39(43)36-17-7-4-8-18-36/h3-33H,1-2H3. The molecule has 4 nitrogen and oxygen atoms in total. The van der Waals surface area contributed by atoms with Crippen molar-refractivity contribution in [2.24, 2.45) is 0 Å². The van der Waals surface area contributed by atoms with Crippen molar-refractivity contribution in [1.82, 2.24) is 15.0 Å². The fourth-order valence-electron chi connectivity index (χ4n) is 9.00. The Morgan fingerprint density at radius 2 is 0.897 bits per heavy atom. The van der Waals surface area contributed by atoms with Crippen LogP contribution in [0.25, 0.3) is 101 Å². The Morgan fingerprint density at radius 3 is 1.67 bits per heavy atom. The van der Waals surface area contributed by atoms with Crippen molar-refractivity contribution in [2.75, 3.05) is 0 Å². The summed E-state index contributed by atoms with van der Waals surface area (Å²) in [7, 11) is 0. The molecule has 0 atom stereocenters. The quantitative estimate of drug-likeness (QED) is 0.170. The van der Waals surface area contributed by atoms with Crippen molar-refractivity contribution in [1.29, 1.82) is 0 Å². The van der Waals surface area contributed by atoms with Crippen molar-refractivity contribution in [3.63, 3.8) is 0 Å². The van der Waals surface area contributed by atoms with E-state index in [-0.39, 0.29) is 5.41 Å². The summed E-state index contributed by atoms with van der Waals surface area (Å²) >= 11 is 0. The van der Waals surface area contributed by atoms with E-state index in [0.717, 1.165) is 66.4 Å². The summed E-state index contributed by atoms with van der Waals surface area (Å²) in [6.45, 7) is 4.68. The first-order valence-corrected chi connectivity index (χ1v) is 19.8. The predicted octanol–water partition coefficient (Wildman–Crippen LogP) is 14.1. The lowest BCUT2D eigenvalue weighted by Gasteiger charge is -2.24. The molecule has 2 heterocycles. The monoisotopic (exact) mass is 743 g/mol. The number of nitrogens with zero attached hydrogens (tertiary/aromatic N) is 3. The van der Waals surface area contributed by atoms with Gasteiger partial charge in [0.05, 0.1) is 0 Å². The number of benzene rings is 8. The second-order valence-corrected chi connectivity index (χ2v) is 15.6. The van der Waals surface area contributed by atoms with Gasteiger partial charge in [0, 0.05) is 32.9 Å². The summed E-state index contributed by atoms with van der Waals surface area (Å²) in [5.74, 6) is 1.80. The van der Waals surface area contributed by atoms with Crippen LogP contribution in [-0.4, -0.2) is 15.0 Å². The fourth-order valence-corrected chi connectivity index (χ4v) is 9.00. The van der Waals surface area contributed by atoms with Crippen molar-refractivity contribution < 1.29 is 4.42 Å². The van der Waals surface area contributed by atoms with Gasteiger partial charge in [0.15, 0.2) is 17.5 Å². The van der Waals surface area contributed by atoms with Crippen LogP contribution in [0, 0.1) is 0 Å². The lowest BCUT2D eigenvalue weighted by Crippen LogP contribution is -2.16. The van der Waals surface area contributed by atoms with E-state index in [9.17, 15) is 0 Å². The molecule has 8 aromatic carbocycles. The number of aromatic nitrogens is 3. The topological polar surface area (TPSA) is 51.8 Å². The molecule has 4 heteroatoms. The molecule has 0 unspecified atom stereocenters. The van der Waals surface area contributed by atoms with Gasteiger partial charge < -0.3 is 4.42 Å². The van der Waals surface area contributed by atoms with Gasteiger partial charge in [-0.05, 0) is 73.8 Å². The third-order valence-corrected chi connectivity index (χ3v) is 11.8. The average molecular weight is 744 g/mol. The maximum Gasteiger partial charge on any atom is 0.164 e. The van der Waals surface area contributed by atoms with Gasteiger partial charge in [-0.25, -0.2) is 15.0 Å². The van der Waals surface area contributed by atoms with E-state index in [1.807, 2.05) is 30.3 Å². The number of hydrogen-bond acceptors (Lipinski definition) is 4. The Bertz CT molecular complexity index is 3180. The second-order valence-electron chi connectivity index (χ2n) is 15.6. The first kappa shape index (κ1) is 33.9. The van der Waals surface area contributed by atoms with E-state index in [1.165, 1.54) is 27.8 Å². The molecule has 1 aliphatic carbocycles. The SMILES string of the molecule is CC1(C)c2ccccc2-c2cccc(-c3ccc4oc5cccc(-c6nc(-c7ccc(-c8ccccc8)cc7)nc(-c7ccccc7-c7ccccc7)n6)c5c4c3)c21. The lowest BCUT2D eigenvalue weighted by atomic mass is 9.79. The van der Waals surface area contributed by atoms with Gasteiger partial charge in [-0.2, -0.15) is 0 Å². The molecule has 1 aliphatic rings. The summed E-state index contributed by atoms with van der Waals surface area (Å²) < 4.78 is 6.58. The summed E-state index contributed by atoms with van der Waals surface area (Å²) in [4.78, 5) is 15.7.